The molecule has 2 N–H and O–H groups in total. The van der Waals surface area contributed by atoms with E-state index in [9.17, 15) is 0 Å². The number of hydrogen-bond acceptors (Lipinski definition) is 2. The number of benzene rings is 2. The molecule has 0 saturated carbocycles. The number of fused-ring (bicyclic) bond motifs is 2. The van der Waals surface area contributed by atoms with E-state index >= 15 is 0 Å². The van der Waals surface area contributed by atoms with Crippen LogP contribution in [0, 0.1) is 0 Å². The first-order valence-corrected chi connectivity index (χ1v) is 8.31. The average molecular weight is 271 g/mol. The van der Waals surface area contributed by atoms with E-state index in [1.807, 2.05) is 12.1 Å². The Labute approximate surface area is 115 Å². The fraction of sp³-hybridized carbons (Fsp3) is 0.250. The molecular weight excluding hydrogens is 253 g/mol. The van der Waals surface area contributed by atoms with Gasteiger partial charge in [0.1, 0.15) is 11.5 Å². The Bertz CT molecular complexity index is 637. The van der Waals surface area contributed by atoms with Crippen LogP contribution >= 0.6 is 7.92 Å². The second-order valence-corrected chi connectivity index (χ2v) is 7.25. The number of ether oxygens (including phenoxy) is 1. The predicted octanol–water partition coefficient (Wildman–Crippen LogP) is 3.56. The molecule has 1 heterocycles. The molecular formula is C16H18NOP. The number of hydrogen-bond donors (Lipinski definition) is 1. The summed E-state index contributed by atoms with van der Waals surface area (Å²) in [5.74, 6) is 2.33. The summed E-state index contributed by atoms with van der Waals surface area (Å²) in [5, 5.41) is 2.47. The van der Waals surface area contributed by atoms with Gasteiger partial charge in [0.15, 0.2) is 0 Å². The zero-order valence-corrected chi connectivity index (χ0v) is 12.4. The Morgan fingerprint density at radius 2 is 1.79 bits per heavy atom. The number of rotatable bonds is 1. The molecule has 0 amide bonds. The molecule has 3 rings (SSSR count). The lowest BCUT2D eigenvalue weighted by atomic mass is 10.0. The van der Waals surface area contributed by atoms with E-state index in [2.05, 4.69) is 44.8 Å². The summed E-state index contributed by atoms with van der Waals surface area (Å²) >= 11 is 0. The molecule has 0 bridgehead atoms. The molecule has 0 saturated heterocycles. The largest absolute Gasteiger partial charge is 0.456 e. The van der Waals surface area contributed by atoms with Crippen LogP contribution < -0.4 is 21.1 Å². The van der Waals surface area contributed by atoms with Gasteiger partial charge in [-0.25, -0.2) is 0 Å². The molecule has 19 heavy (non-hydrogen) atoms. The standard InChI is InChI=1S/C16H18NOP/c1-10(2)11-8-9-13-16(15(11)17)19(3)14-7-5-4-6-12(14)18-13/h4-10H,17H2,1-3H3. The zero-order chi connectivity index (χ0) is 13.6. The van der Waals surface area contributed by atoms with E-state index in [0.29, 0.717) is 5.92 Å². The molecule has 0 spiro atoms. The third kappa shape index (κ3) is 1.91. The van der Waals surface area contributed by atoms with E-state index in [-0.39, 0.29) is 0 Å². The summed E-state index contributed by atoms with van der Waals surface area (Å²) in [6, 6.07) is 12.4. The minimum Gasteiger partial charge on any atom is -0.456 e. The monoisotopic (exact) mass is 271 g/mol. The van der Waals surface area contributed by atoms with Crippen molar-refractivity contribution in [2.24, 2.45) is 0 Å². The third-order valence-electron chi connectivity index (χ3n) is 3.62. The highest BCUT2D eigenvalue weighted by atomic mass is 31.1. The average Bonchev–Trinajstić information content (AvgIpc) is 2.38. The fourth-order valence-electron chi connectivity index (χ4n) is 2.59. The minimum absolute atomic E-state index is 0.435. The van der Waals surface area contributed by atoms with Gasteiger partial charge in [-0.1, -0.05) is 38.1 Å². The summed E-state index contributed by atoms with van der Waals surface area (Å²) < 4.78 is 6.00. The van der Waals surface area contributed by atoms with Crippen LogP contribution in [-0.4, -0.2) is 6.66 Å². The van der Waals surface area contributed by atoms with Crippen LogP contribution in [0.5, 0.6) is 11.5 Å². The van der Waals surface area contributed by atoms with Crippen molar-refractivity contribution in [1.82, 2.24) is 0 Å². The van der Waals surface area contributed by atoms with Crippen LogP contribution in [0.15, 0.2) is 36.4 Å². The lowest BCUT2D eigenvalue weighted by Crippen LogP contribution is -2.24. The molecule has 0 fully saturated rings. The molecule has 0 radical (unpaired) electrons. The van der Waals surface area contributed by atoms with Crippen LogP contribution in [0.2, 0.25) is 0 Å². The minimum atomic E-state index is -0.435. The van der Waals surface area contributed by atoms with Gasteiger partial charge in [-0.3, -0.25) is 0 Å². The van der Waals surface area contributed by atoms with Crippen LogP contribution in [0.25, 0.3) is 0 Å². The van der Waals surface area contributed by atoms with Crippen LogP contribution in [0.4, 0.5) is 5.69 Å². The van der Waals surface area contributed by atoms with Gasteiger partial charge in [0, 0.05) is 16.3 Å². The second-order valence-electron chi connectivity index (χ2n) is 5.20. The Morgan fingerprint density at radius 1 is 1.05 bits per heavy atom. The number of anilines is 1. The van der Waals surface area contributed by atoms with Gasteiger partial charge < -0.3 is 10.5 Å². The van der Waals surface area contributed by atoms with E-state index in [1.54, 1.807) is 0 Å². The van der Waals surface area contributed by atoms with E-state index in [1.165, 1.54) is 16.2 Å². The molecule has 2 nitrogen and oxygen atoms in total. The molecule has 0 aromatic heterocycles. The van der Waals surface area contributed by atoms with Crippen LogP contribution in [-0.2, 0) is 0 Å². The molecule has 1 unspecified atom stereocenters. The van der Waals surface area contributed by atoms with Gasteiger partial charge in [-0.15, -0.1) is 0 Å². The number of nitrogens with two attached hydrogens (primary N) is 1. The van der Waals surface area contributed by atoms with Gasteiger partial charge in [-0.05, 0) is 38.2 Å². The highest BCUT2D eigenvalue weighted by molar-refractivity contribution is 7.73. The van der Waals surface area contributed by atoms with Crippen molar-refractivity contribution in [1.29, 1.82) is 0 Å². The quantitative estimate of drug-likeness (QED) is 0.636. The van der Waals surface area contributed by atoms with Gasteiger partial charge in [-0.2, -0.15) is 0 Å². The van der Waals surface area contributed by atoms with Crippen molar-refractivity contribution < 1.29 is 4.74 Å². The summed E-state index contributed by atoms with van der Waals surface area (Å²) in [7, 11) is -0.435. The van der Waals surface area contributed by atoms with Gasteiger partial charge in [0.2, 0.25) is 0 Å². The molecule has 3 heteroatoms. The molecule has 98 valence electrons. The van der Waals surface area contributed by atoms with Crippen LogP contribution in [0.1, 0.15) is 25.3 Å². The molecule has 1 aliphatic rings. The first-order chi connectivity index (χ1) is 9.09. The van der Waals surface area contributed by atoms with Gasteiger partial charge in [0.25, 0.3) is 0 Å². The lowest BCUT2D eigenvalue weighted by molar-refractivity contribution is 0.488. The van der Waals surface area contributed by atoms with Crippen molar-refractivity contribution in [3.05, 3.63) is 42.0 Å². The Kier molecular flexibility index (Phi) is 2.99. The zero-order valence-electron chi connectivity index (χ0n) is 11.5. The second kappa shape index (κ2) is 4.54. The van der Waals surface area contributed by atoms with Crippen molar-refractivity contribution in [2.75, 3.05) is 12.4 Å². The van der Waals surface area contributed by atoms with E-state index < -0.39 is 7.92 Å². The highest BCUT2D eigenvalue weighted by Crippen LogP contribution is 2.45. The molecule has 2 aromatic rings. The smallest absolute Gasteiger partial charge is 0.137 e. The first kappa shape index (κ1) is 12.5. The first-order valence-electron chi connectivity index (χ1n) is 6.52. The normalized spacial score (nSPS) is 16.7. The van der Waals surface area contributed by atoms with Crippen molar-refractivity contribution in [3.8, 4) is 11.5 Å². The van der Waals surface area contributed by atoms with E-state index in [0.717, 1.165) is 17.2 Å². The predicted molar refractivity (Wildman–Crippen MR) is 83.6 cm³/mol. The van der Waals surface area contributed by atoms with Crippen molar-refractivity contribution >= 4 is 24.2 Å². The Balaban J connectivity index is 2.19. The lowest BCUT2D eigenvalue weighted by Gasteiger charge is -2.28. The summed E-state index contributed by atoms with van der Waals surface area (Å²) in [4.78, 5) is 0. The molecule has 2 aromatic carbocycles. The molecule has 1 atom stereocenters. The van der Waals surface area contributed by atoms with Gasteiger partial charge in [0.05, 0.1) is 0 Å². The summed E-state index contributed by atoms with van der Waals surface area (Å²) in [6.45, 7) is 6.61. The van der Waals surface area contributed by atoms with Crippen molar-refractivity contribution in [3.63, 3.8) is 0 Å². The maximum absolute atomic E-state index is 6.39. The van der Waals surface area contributed by atoms with Crippen LogP contribution in [0.3, 0.4) is 0 Å². The number of para-hydroxylation sites is 1. The summed E-state index contributed by atoms with van der Waals surface area (Å²) in [5.41, 5.74) is 8.52. The maximum atomic E-state index is 6.39. The summed E-state index contributed by atoms with van der Waals surface area (Å²) in [6.07, 6.45) is 0. The Hall–Kier alpha value is -1.53. The third-order valence-corrected chi connectivity index (χ3v) is 5.84. The number of nitrogen functional groups attached to an aromatic ring is 1. The van der Waals surface area contributed by atoms with Crippen molar-refractivity contribution in [2.45, 2.75) is 19.8 Å². The fourth-order valence-corrected chi connectivity index (χ4v) is 4.54. The highest BCUT2D eigenvalue weighted by Gasteiger charge is 2.27. The molecule has 1 aliphatic heterocycles. The van der Waals surface area contributed by atoms with Gasteiger partial charge >= 0.3 is 0 Å². The van der Waals surface area contributed by atoms with E-state index in [4.69, 9.17) is 10.5 Å². The maximum Gasteiger partial charge on any atom is 0.137 e. The molecule has 0 aliphatic carbocycles. The SMILES string of the molecule is CC(C)c1ccc2c(c1N)P(C)c1ccccc1O2. The topological polar surface area (TPSA) is 35.2 Å². The Morgan fingerprint density at radius 3 is 2.53 bits per heavy atom.